The third-order valence-electron chi connectivity index (χ3n) is 2.84. The molecule has 0 saturated heterocycles. The Hall–Kier alpha value is -2.90. The van der Waals surface area contributed by atoms with E-state index in [0.717, 1.165) is 17.8 Å². The predicted molar refractivity (Wildman–Crippen MR) is 77.5 cm³/mol. The van der Waals surface area contributed by atoms with E-state index >= 15 is 0 Å². The van der Waals surface area contributed by atoms with Crippen molar-refractivity contribution in [3.05, 3.63) is 35.2 Å². The third-order valence-corrected chi connectivity index (χ3v) is 2.84. The number of phenols is 1. The van der Waals surface area contributed by atoms with Crippen LogP contribution in [0.1, 0.15) is 23.9 Å². The molecule has 0 fully saturated rings. The topological polar surface area (TPSA) is 118 Å². The lowest BCUT2D eigenvalue weighted by atomic mass is 10.2. The molecule has 0 radical (unpaired) electrons. The van der Waals surface area contributed by atoms with Gasteiger partial charge < -0.3 is 10.8 Å². The number of aryl methyl sites for hydroxylation is 2. The molecule has 0 bridgehead atoms. The number of hydrazone groups is 1. The van der Waals surface area contributed by atoms with Crippen LogP contribution >= 0.6 is 0 Å². The first kappa shape index (κ1) is 14.5. The maximum atomic E-state index is 10.5. The second-order valence-electron chi connectivity index (χ2n) is 4.35. The SMILES string of the molecule is CCc1nn(-c2ccc(C=NNC(N)=O)c(O)c2)nc1C. The number of hydrogen-bond acceptors (Lipinski definition) is 5. The Morgan fingerprint density at radius 1 is 1.52 bits per heavy atom. The molecule has 2 rings (SSSR count). The van der Waals surface area contributed by atoms with Crippen LogP contribution in [0.5, 0.6) is 5.75 Å². The number of nitrogens with zero attached hydrogens (tertiary/aromatic N) is 4. The van der Waals surface area contributed by atoms with E-state index in [1.807, 2.05) is 13.8 Å². The minimum atomic E-state index is -0.773. The lowest BCUT2D eigenvalue weighted by Gasteiger charge is -2.03. The summed E-state index contributed by atoms with van der Waals surface area (Å²) in [6.07, 6.45) is 2.09. The highest BCUT2D eigenvalue weighted by Gasteiger charge is 2.08. The summed E-state index contributed by atoms with van der Waals surface area (Å²) in [6.45, 7) is 3.89. The molecule has 0 unspecified atom stereocenters. The molecule has 1 aromatic carbocycles. The molecule has 8 heteroatoms. The van der Waals surface area contributed by atoms with Crippen molar-refractivity contribution in [2.75, 3.05) is 0 Å². The zero-order valence-electron chi connectivity index (χ0n) is 11.7. The van der Waals surface area contributed by atoms with Gasteiger partial charge >= 0.3 is 6.03 Å². The fraction of sp³-hybridized carbons (Fsp3) is 0.231. The number of phenolic OH excluding ortho intramolecular Hbond substituents is 1. The maximum Gasteiger partial charge on any atom is 0.332 e. The number of carbonyl (C=O) groups excluding carboxylic acids is 1. The van der Waals surface area contributed by atoms with Crippen molar-refractivity contribution in [2.45, 2.75) is 20.3 Å². The van der Waals surface area contributed by atoms with Gasteiger partial charge in [-0.1, -0.05) is 6.92 Å². The number of hydrogen-bond donors (Lipinski definition) is 3. The fourth-order valence-electron chi connectivity index (χ4n) is 1.78. The number of amides is 2. The molecule has 0 atom stereocenters. The molecule has 0 saturated carbocycles. The molecule has 8 nitrogen and oxygen atoms in total. The summed E-state index contributed by atoms with van der Waals surface area (Å²) in [4.78, 5) is 12.0. The maximum absolute atomic E-state index is 10.5. The van der Waals surface area contributed by atoms with Crippen molar-refractivity contribution < 1.29 is 9.90 Å². The predicted octanol–water partition coefficient (Wildman–Crippen LogP) is 0.846. The van der Waals surface area contributed by atoms with Crippen molar-refractivity contribution in [2.24, 2.45) is 10.8 Å². The first-order valence-electron chi connectivity index (χ1n) is 6.36. The normalized spacial score (nSPS) is 11.0. The van der Waals surface area contributed by atoms with Gasteiger partial charge in [-0.3, -0.25) is 0 Å². The van der Waals surface area contributed by atoms with Gasteiger partial charge in [-0.2, -0.15) is 20.1 Å². The number of carbonyl (C=O) groups is 1. The Morgan fingerprint density at radius 3 is 2.86 bits per heavy atom. The van der Waals surface area contributed by atoms with Crippen LogP contribution in [0.15, 0.2) is 23.3 Å². The molecule has 21 heavy (non-hydrogen) atoms. The molecule has 0 aliphatic carbocycles. The van der Waals surface area contributed by atoms with Crippen molar-refractivity contribution >= 4 is 12.2 Å². The molecule has 0 aliphatic heterocycles. The van der Waals surface area contributed by atoms with Gasteiger partial charge in [-0.25, -0.2) is 10.2 Å². The van der Waals surface area contributed by atoms with Crippen LogP contribution < -0.4 is 11.2 Å². The lowest BCUT2D eigenvalue weighted by molar-refractivity contribution is 0.249. The minimum Gasteiger partial charge on any atom is -0.507 e. The van der Waals surface area contributed by atoms with Gasteiger partial charge in [0, 0.05) is 11.6 Å². The van der Waals surface area contributed by atoms with E-state index in [1.165, 1.54) is 17.1 Å². The minimum absolute atomic E-state index is 0.00415. The van der Waals surface area contributed by atoms with Crippen molar-refractivity contribution in [1.82, 2.24) is 20.4 Å². The van der Waals surface area contributed by atoms with E-state index in [1.54, 1.807) is 12.1 Å². The molecular weight excluding hydrogens is 272 g/mol. The molecular formula is C13H16N6O2. The number of aromatic hydroxyl groups is 1. The molecule has 4 N–H and O–H groups in total. The van der Waals surface area contributed by atoms with Crippen molar-refractivity contribution in [3.63, 3.8) is 0 Å². The van der Waals surface area contributed by atoms with E-state index in [-0.39, 0.29) is 5.75 Å². The number of primary amides is 1. The summed E-state index contributed by atoms with van der Waals surface area (Å²) >= 11 is 0. The Morgan fingerprint density at radius 2 is 2.29 bits per heavy atom. The largest absolute Gasteiger partial charge is 0.507 e. The number of benzene rings is 1. The van der Waals surface area contributed by atoms with Gasteiger partial charge in [0.15, 0.2) is 0 Å². The Labute approximate surface area is 121 Å². The summed E-state index contributed by atoms with van der Waals surface area (Å²) in [5.74, 6) is -0.00415. The van der Waals surface area contributed by atoms with Gasteiger partial charge in [0.2, 0.25) is 0 Å². The van der Waals surface area contributed by atoms with E-state index in [2.05, 4.69) is 20.7 Å². The number of rotatable bonds is 4. The van der Waals surface area contributed by atoms with Crippen LogP contribution in [0, 0.1) is 6.92 Å². The van der Waals surface area contributed by atoms with Gasteiger partial charge in [0.25, 0.3) is 0 Å². The van der Waals surface area contributed by atoms with Gasteiger partial charge in [-0.15, -0.1) is 0 Å². The lowest BCUT2D eigenvalue weighted by Crippen LogP contribution is -2.24. The second-order valence-corrected chi connectivity index (χ2v) is 4.35. The number of urea groups is 1. The summed E-state index contributed by atoms with van der Waals surface area (Å²) in [5, 5.41) is 22.2. The highest BCUT2D eigenvalue weighted by molar-refractivity contribution is 5.85. The van der Waals surface area contributed by atoms with Crippen LogP contribution in [0.2, 0.25) is 0 Å². The second kappa shape index (κ2) is 6.04. The van der Waals surface area contributed by atoms with Gasteiger partial charge in [0.1, 0.15) is 5.75 Å². The molecule has 1 aromatic heterocycles. The van der Waals surface area contributed by atoms with E-state index in [4.69, 9.17) is 5.73 Å². The Bertz CT molecular complexity index is 692. The average Bonchev–Trinajstić information content (AvgIpc) is 2.81. The number of nitrogens with two attached hydrogens (primary N) is 1. The molecule has 110 valence electrons. The zero-order valence-corrected chi connectivity index (χ0v) is 11.7. The third kappa shape index (κ3) is 3.35. The summed E-state index contributed by atoms with van der Waals surface area (Å²) in [6, 6.07) is 4.13. The number of nitrogens with one attached hydrogen (secondary N) is 1. The zero-order chi connectivity index (χ0) is 15.4. The van der Waals surface area contributed by atoms with Gasteiger partial charge in [0.05, 0.1) is 23.3 Å². The van der Waals surface area contributed by atoms with E-state index < -0.39 is 6.03 Å². The van der Waals surface area contributed by atoms with Crippen LogP contribution in [-0.4, -0.2) is 32.3 Å². The van der Waals surface area contributed by atoms with E-state index in [0.29, 0.717) is 11.3 Å². The average molecular weight is 288 g/mol. The standard InChI is InChI=1S/C13H16N6O2/c1-3-11-8(2)17-19(18-11)10-5-4-9(12(20)6-10)7-15-16-13(14)21/h4-7,20H,3H2,1-2H3,(H3,14,16,21). The first-order chi connectivity index (χ1) is 10.0. The van der Waals surface area contributed by atoms with Crippen LogP contribution in [0.3, 0.4) is 0 Å². The molecule has 2 amide bonds. The number of aromatic nitrogens is 3. The Balaban J connectivity index is 2.25. The first-order valence-corrected chi connectivity index (χ1v) is 6.36. The van der Waals surface area contributed by atoms with Crippen LogP contribution in [-0.2, 0) is 6.42 Å². The van der Waals surface area contributed by atoms with Crippen LogP contribution in [0.25, 0.3) is 5.69 Å². The Kier molecular flexibility index (Phi) is 4.17. The summed E-state index contributed by atoms with van der Waals surface area (Å²) in [7, 11) is 0. The molecule has 2 aromatic rings. The molecule has 1 heterocycles. The van der Waals surface area contributed by atoms with E-state index in [9.17, 15) is 9.90 Å². The highest BCUT2D eigenvalue weighted by atomic mass is 16.3. The van der Waals surface area contributed by atoms with Crippen LogP contribution in [0.4, 0.5) is 4.79 Å². The highest BCUT2D eigenvalue weighted by Crippen LogP contribution is 2.19. The van der Waals surface area contributed by atoms with Gasteiger partial charge in [-0.05, 0) is 25.5 Å². The summed E-state index contributed by atoms with van der Waals surface area (Å²) < 4.78 is 0. The monoisotopic (exact) mass is 288 g/mol. The quantitative estimate of drug-likeness (QED) is 0.570. The molecule has 0 aliphatic rings. The fourth-order valence-corrected chi connectivity index (χ4v) is 1.78. The molecule has 0 spiro atoms. The summed E-state index contributed by atoms with van der Waals surface area (Å²) in [5.41, 5.74) is 9.77. The smallest absolute Gasteiger partial charge is 0.332 e. The van der Waals surface area contributed by atoms with Crippen molar-refractivity contribution in [3.8, 4) is 11.4 Å². The van der Waals surface area contributed by atoms with Crippen molar-refractivity contribution in [1.29, 1.82) is 0 Å².